The summed E-state index contributed by atoms with van der Waals surface area (Å²) in [6, 6.07) is 3.29. The monoisotopic (exact) mass is 250 g/mol. The molecule has 4 heteroatoms. The smallest absolute Gasteiger partial charge is 0.337 e. The molecule has 1 atom stereocenters. The van der Waals surface area contributed by atoms with E-state index in [2.05, 4.69) is 24.1 Å². The average molecular weight is 250 g/mol. The van der Waals surface area contributed by atoms with E-state index in [1.807, 2.05) is 0 Å². The van der Waals surface area contributed by atoms with Gasteiger partial charge >= 0.3 is 5.97 Å². The van der Waals surface area contributed by atoms with E-state index < -0.39 is 5.97 Å². The van der Waals surface area contributed by atoms with E-state index in [1.54, 1.807) is 12.1 Å². The van der Waals surface area contributed by atoms with Crippen molar-refractivity contribution < 1.29 is 9.90 Å². The number of carboxylic acids is 1. The highest BCUT2D eigenvalue weighted by molar-refractivity contribution is 5.87. The summed E-state index contributed by atoms with van der Waals surface area (Å²) in [5, 5.41) is 12.0. The summed E-state index contributed by atoms with van der Waals surface area (Å²) in [7, 11) is 0. The predicted molar refractivity (Wildman–Crippen MR) is 73.0 cm³/mol. The van der Waals surface area contributed by atoms with Gasteiger partial charge in [0.1, 0.15) is 5.82 Å². The van der Waals surface area contributed by atoms with E-state index in [4.69, 9.17) is 5.11 Å². The number of anilines is 1. The van der Waals surface area contributed by atoms with Crippen molar-refractivity contribution in [2.24, 2.45) is 5.92 Å². The van der Waals surface area contributed by atoms with Crippen LogP contribution in [0.25, 0.3) is 0 Å². The first-order chi connectivity index (χ1) is 8.67. The Morgan fingerprint density at radius 3 is 2.72 bits per heavy atom. The second-order valence-corrected chi connectivity index (χ2v) is 4.53. The number of hydrogen-bond acceptors (Lipinski definition) is 3. The fraction of sp³-hybridized carbons (Fsp3) is 0.571. The molecule has 0 amide bonds. The highest BCUT2D eigenvalue weighted by atomic mass is 16.4. The van der Waals surface area contributed by atoms with Crippen molar-refractivity contribution in [3.05, 3.63) is 23.9 Å². The normalized spacial score (nSPS) is 12.1. The molecule has 0 fully saturated rings. The van der Waals surface area contributed by atoms with Gasteiger partial charge in [0.25, 0.3) is 0 Å². The molecular formula is C14H22N2O2. The van der Waals surface area contributed by atoms with Crippen LogP contribution in [0.2, 0.25) is 0 Å². The third kappa shape index (κ3) is 4.73. The minimum Gasteiger partial charge on any atom is -0.478 e. The highest BCUT2D eigenvalue weighted by Crippen LogP contribution is 2.14. The first kappa shape index (κ1) is 14.5. The van der Waals surface area contributed by atoms with Crippen molar-refractivity contribution in [2.75, 3.05) is 11.9 Å². The molecular weight excluding hydrogens is 228 g/mol. The van der Waals surface area contributed by atoms with Crippen molar-refractivity contribution in [1.29, 1.82) is 0 Å². The maximum Gasteiger partial charge on any atom is 0.337 e. The number of hydrogen-bond donors (Lipinski definition) is 2. The molecule has 0 aliphatic heterocycles. The first-order valence-corrected chi connectivity index (χ1v) is 6.60. The van der Waals surface area contributed by atoms with Gasteiger partial charge in [0.15, 0.2) is 0 Å². The van der Waals surface area contributed by atoms with Gasteiger partial charge in [-0.2, -0.15) is 0 Å². The Morgan fingerprint density at radius 2 is 2.22 bits per heavy atom. The molecule has 18 heavy (non-hydrogen) atoms. The Morgan fingerprint density at radius 1 is 1.44 bits per heavy atom. The number of nitrogens with zero attached hydrogens (tertiary/aromatic N) is 1. The number of unbranched alkanes of at least 4 members (excludes halogenated alkanes) is 1. The Kier molecular flexibility index (Phi) is 6.19. The van der Waals surface area contributed by atoms with Crippen LogP contribution in [0.1, 0.15) is 49.9 Å². The fourth-order valence-electron chi connectivity index (χ4n) is 1.82. The minimum atomic E-state index is -0.941. The quantitative estimate of drug-likeness (QED) is 0.742. The molecule has 0 aromatic carbocycles. The van der Waals surface area contributed by atoms with Gasteiger partial charge in [-0.3, -0.25) is 0 Å². The van der Waals surface area contributed by atoms with Crippen LogP contribution in [0.4, 0.5) is 5.82 Å². The predicted octanol–water partition coefficient (Wildman–Crippen LogP) is 3.41. The van der Waals surface area contributed by atoms with E-state index in [0.717, 1.165) is 18.8 Å². The third-order valence-corrected chi connectivity index (χ3v) is 3.13. The van der Waals surface area contributed by atoms with Crippen molar-refractivity contribution in [3.8, 4) is 0 Å². The molecule has 1 aromatic rings. The molecule has 2 N–H and O–H groups in total. The number of carbonyl (C=O) groups is 1. The minimum absolute atomic E-state index is 0.221. The lowest BCUT2D eigenvalue weighted by Crippen LogP contribution is -2.14. The van der Waals surface area contributed by atoms with Gasteiger partial charge in [-0.05, 0) is 24.5 Å². The topological polar surface area (TPSA) is 62.2 Å². The van der Waals surface area contributed by atoms with E-state index >= 15 is 0 Å². The summed E-state index contributed by atoms with van der Waals surface area (Å²) in [6.07, 6.45) is 6.25. The molecule has 1 aromatic heterocycles. The highest BCUT2D eigenvalue weighted by Gasteiger charge is 2.07. The van der Waals surface area contributed by atoms with E-state index in [1.165, 1.54) is 25.5 Å². The lowest BCUT2D eigenvalue weighted by atomic mass is 9.99. The summed E-state index contributed by atoms with van der Waals surface area (Å²) in [4.78, 5) is 14.8. The Bertz CT molecular complexity index is 363. The molecule has 1 heterocycles. The molecule has 0 bridgehead atoms. The molecule has 0 saturated heterocycles. The number of nitrogens with one attached hydrogen (secondary N) is 1. The molecule has 0 spiro atoms. The largest absolute Gasteiger partial charge is 0.478 e. The zero-order valence-electron chi connectivity index (χ0n) is 11.1. The molecule has 4 nitrogen and oxygen atoms in total. The SMILES string of the molecule is CCCCC(CC)CNc1ccc(C(=O)O)cn1. The van der Waals surface area contributed by atoms with Crippen molar-refractivity contribution in [2.45, 2.75) is 39.5 Å². The van der Waals surface area contributed by atoms with E-state index in [9.17, 15) is 4.79 Å². The summed E-state index contributed by atoms with van der Waals surface area (Å²) in [5.74, 6) is 0.462. The van der Waals surface area contributed by atoms with Crippen LogP contribution in [0, 0.1) is 5.92 Å². The van der Waals surface area contributed by atoms with Crippen LogP contribution in [0.3, 0.4) is 0 Å². The Hall–Kier alpha value is -1.58. The molecule has 1 unspecified atom stereocenters. The van der Waals surface area contributed by atoms with Crippen molar-refractivity contribution in [3.63, 3.8) is 0 Å². The molecule has 0 saturated carbocycles. The van der Waals surface area contributed by atoms with Crippen LogP contribution in [0.15, 0.2) is 18.3 Å². The second kappa shape index (κ2) is 7.69. The lowest BCUT2D eigenvalue weighted by Gasteiger charge is -2.15. The summed E-state index contributed by atoms with van der Waals surface area (Å²) < 4.78 is 0. The van der Waals surface area contributed by atoms with Gasteiger partial charge in [0.05, 0.1) is 5.56 Å². The second-order valence-electron chi connectivity index (χ2n) is 4.53. The van der Waals surface area contributed by atoms with Gasteiger partial charge in [-0.25, -0.2) is 9.78 Å². The van der Waals surface area contributed by atoms with E-state index in [-0.39, 0.29) is 5.56 Å². The van der Waals surface area contributed by atoms with E-state index in [0.29, 0.717) is 5.92 Å². The molecule has 0 aliphatic rings. The van der Waals surface area contributed by atoms with Gasteiger partial charge in [0.2, 0.25) is 0 Å². The molecule has 0 aliphatic carbocycles. The first-order valence-electron chi connectivity index (χ1n) is 6.60. The number of carboxylic acid groups (broad SMARTS) is 1. The average Bonchev–Trinajstić information content (AvgIpc) is 2.39. The molecule has 1 rings (SSSR count). The summed E-state index contributed by atoms with van der Waals surface area (Å²) >= 11 is 0. The summed E-state index contributed by atoms with van der Waals surface area (Å²) in [6.45, 7) is 5.30. The number of aromatic nitrogens is 1. The van der Waals surface area contributed by atoms with Crippen molar-refractivity contribution >= 4 is 11.8 Å². The third-order valence-electron chi connectivity index (χ3n) is 3.13. The van der Waals surface area contributed by atoms with Crippen LogP contribution in [0.5, 0.6) is 0 Å². The number of rotatable bonds is 8. The zero-order valence-corrected chi connectivity index (χ0v) is 11.1. The standard InChI is InChI=1S/C14H22N2O2/c1-3-5-6-11(4-2)9-15-13-8-7-12(10-16-13)14(17)18/h7-8,10-11H,3-6,9H2,1-2H3,(H,15,16)(H,17,18). The van der Waals surface area contributed by atoms with Gasteiger partial charge in [0, 0.05) is 12.7 Å². The summed E-state index contributed by atoms with van der Waals surface area (Å²) in [5.41, 5.74) is 0.221. The fourth-order valence-corrected chi connectivity index (χ4v) is 1.82. The van der Waals surface area contributed by atoms with Crippen LogP contribution < -0.4 is 5.32 Å². The number of aromatic carboxylic acids is 1. The van der Waals surface area contributed by atoms with Crippen LogP contribution in [-0.4, -0.2) is 22.6 Å². The van der Waals surface area contributed by atoms with Crippen LogP contribution >= 0.6 is 0 Å². The Balaban J connectivity index is 2.44. The number of pyridine rings is 1. The van der Waals surface area contributed by atoms with Gasteiger partial charge < -0.3 is 10.4 Å². The van der Waals surface area contributed by atoms with Crippen LogP contribution in [-0.2, 0) is 0 Å². The van der Waals surface area contributed by atoms with Gasteiger partial charge in [-0.1, -0.05) is 33.1 Å². The lowest BCUT2D eigenvalue weighted by molar-refractivity contribution is 0.0696. The molecule has 100 valence electrons. The maximum absolute atomic E-state index is 10.7. The van der Waals surface area contributed by atoms with Gasteiger partial charge in [-0.15, -0.1) is 0 Å². The zero-order chi connectivity index (χ0) is 13.4. The Labute approximate surface area is 108 Å². The maximum atomic E-state index is 10.7. The van der Waals surface area contributed by atoms with Crippen molar-refractivity contribution in [1.82, 2.24) is 4.98 Å². The molecule has 0 radical (unpaired) electrons.